The lowest BCUT2D eigenvalue weighted by Crippen LogP contribution is -2.46. The molecule has 7 rings (SSSR count). The quantitative estimate of drug-likeness (QED) is 0.284. The number of rotatable bonds is 8. The SMILES string of the molecule is CN(c1nccc(=O)n1COC(=O)OC12CC1(C)C2)C1CCN(c2nc3ccccc3n2Cc2ccc(F)cc2)CC1. The Labute approximate surface area is 242 Å². The van der Waals surface area contributed by atoms with Gasteiger partial charge in [-0.2, -0.15) is 0 Å². The predicted octanol–water partition coefficient (Wildman–Crippen LogP) is 4.55. The van der Waals surface area contributed by atoms with Crippen LogP contribution in [0.4, 0.5) is 21.1 Å². The molecule has 2 aromatic carbocycles. The van der Waals surface area contributed by atoms with Crippen molar-refractivity contribution >= 4 is 29.1 Å². The van der Waals surface area contributed by atoms with E-state index in [0.717, 1.165) is 61.3 Å². The molecule has 3 heterocycles. The first kappa shape index (κ1) is 26.5. The number of anilines is 2. The van der Waals surface area contributed by atoms with Crippen molar-refractivity contribution in [2.45, 2.75) is 57.5 Å². The molecular weight excluding hydrogens is 539 g/mol. The predicted molar refractivity (Wildman–Crippen MR) is 155 cm³/mol. The van der Waals surface area contributed by atoms with Crippen LogP contribution in [0.1, 0.15) is 38.2 Å². The molecule has 2 aromatic heterocycles. The van der Waals surface area contributed by atoms with E-state index in [1.165, 1.54) is 29.0 Å². The minimum atomic E-state index is -0.752. The minimum absolute atomic E-state index is 0.112. The molecule has 4 aromatic rings. The molecule has 3 aliphatic rings. The van der Waals surface area contributed by atoms with Crippen molar-refractivity contribution in [1.29, 1.82) is 0 Å². The lowest BCUT2D eigenvalue weighted by molar-refractivity contribution is 0.0132. The van der Waals surface area contributed by atoms with Crippen LogP contribution in [0.5, 0.6) is 0 Å². The number of carbonyl (C=O) groups is 1. The van der Waals surface area contributed by atoms with Crippen molar-refractivity contribution in [3.8, 4) is 0 Å². The Morgan fingerprint density at radius 3 is 2.50 bits per heavy atom. The Morgan fingerprint density at radius 1 is 1.07 bits per heavy atom. The number of imidazole rings is 1. The number of nitrogens with zero attached hydrogens (tertiary/aromatic N) is 6. The maximum Gasteiger partial charge on any atom is 0.510 e. The molecule has 2 aliphatic carbocycles. The highest BCUT2D eigenvalue weighted by molar-refractivity contribution is 5.79. The van der Waals surface area contributed by atoms with Gasteiger partial charge in [0, 0.05) is 43.9 Å². The number of aromatic nitrogens is 4. The Morgan fingerprint density at radius 2 is 1.79 bits per heavy atom. The second-order valence-corrected chi connectivity index (χ2v) is 12.0. The number of carbonyl (C=O) groups excluding carboxylic acids is 1. The molecule has 11 heteroatoms. The summed E-state index contributed by atoms with van der Waals surface area (Å²) >= 11 is 0. The fourth-order valence-corrected chi connectivity index (χ4v) is 6.30. The van der Waals surface area contributed by atoms with E-state index < -0.39 is 6.16 Å². The van der Waals surface area contributed by atoms with Crippen molar-refractivity contribution in [3.63, 3.8) is 0 Å². The first-order chi connectivity index (χ1) is 20.3. The summed E-state index contributed by atoms with van der Waals surface area (Å²) in [5, 5.41) is 0. The summed E-state index contributed by atoms with van der Waals surface area (Å²) in [4.78, 5) is 38.8. The average molecular weight is 573 g/mol. The summed E-state index contributed by atoms with van der Waals surface area (Å²) in [6.07, 6.45) is 4.09. The van der Waals surface area contributed by atoms with Crippen LogP contribution in [-0.4, -0.2) is 57.0 Å². The number of piperidine rings is 1. The minimum Gasteiger partial charge on any atom is -0.427 e. The standard InChI is InChI=1S/C31H33FN6O4/c1-30-18-31(30,19-30)42-29(40)41-20-38-26(39)11-14-33-27(38)35(2)23-12-15-36(16-13-23)28-34-24-5-3-4-6-25(24)37(28)17-21-7-9-22(32)10-8-21/h3-11,14,23H,12-13,15-20H2,1-2H3. The molecule has 218 valence electrons. The molecule has 0 atom stereocenters. The zero-order valence-corrected chi connectivity index (χ0v) is 23.7. The van der Waals surface area contributed by atoms with Crippen LogP contribution in [0.25, 0.3) is 11.0 Å². The Hall–Kier alpha value is -4.41. The number of halogens is 1. The van der Waals surface area contributed by atoms with Crippen molar-refractivity contribution in [3.05, 3.63) is 82.5 Å². The third-order valence-corrected chi connectivity index (χ3v) is 9.21. The van der Waals surface area contributed by atoms with Gasteiger partial charge in [-0.1, -0.05) is 31.2 Å². The summed E-state index contributed by atoms with van der Waals surface area (Å²) in [5.41, 5.74) is 2.40. The summed E-state index contributed by atoms with van der Waals surface area (Å²) in [6, 6.07) is 16.1. The molecule has 42 heavy (non-hydrogen) atoms. The Balaban J connectivity index is 1.04. The maximum absolute atomic E-state index is 13.5. The Kier molecular flexibility index (Phi) is 6.21. The molecule has 1 aliphatic heterocycles. The monoisotopic (exact) mass is 572 g/mol. The van der Waals surface area contributed by atoms with Gasteiger partial charge in [-0.15, -0.1) is 0 Å². The lowest BCUT2D eigenvalue weighted by atomic mass is 10.0. The number of hydrogen-bond acceptors (Lipinski definition) is 8. The van der Waals surface area contributed by atoms with E-state index in [9.17, 15) is 14.0 Å². The van der Waals surface area contributed by atoms with Crippen LogP contribution < -0.4 is 15.4 Å². The van der Waals surface area contributed by atoms with E-state index in [1.54, 1.807) is 12.1 Å². The molecule has 0 N–H and O–H groups in total. The van der Waals surface area contributed by atoms with Gasteiger partial charge >= 0.3 is 6.16 Å². The zero-order chi connectivity index (χ0) is 29.1. The van der Waals surface area contributed by atoms with E-state index in [4.69, 9.17) is 14.5 Å². The molecule has 0 spiro atoms. The first-order valence-corrected chi connectivity index (χ1v) is 14.3. The average Bonchev–Trinajstić information content (AvgIpc) is 3.68. The topological polar surface area (TPSA) is 94.7 Å². The van der Waals surface area contributed by atoms with Gasteiger partial charge < -0.3 is 23.8 Å². The summed E-state index contributed by atoms with van der Waals surface area (Å²) in [6.45, 7) is 3.92. The van der Waals surface area contributed by atoms with Crippen molar-refractivity contribution in [2.75, 3.05) is 29.9 Å². The van der Waals surface area contributed by atoms with Gasteiger partial charge in [-0.3, -0.25) is 4.79 Å². The molecule has 0 bridgehead atoms. The van der Waals surface area contributed by atoms with Gasteiger partial charge in [0.15, 0.2) is 6.73 Å². The molecule has 3 fully saturated rings. The highest BCUT2D eigenvalue weighted by atomic mass is 19.1. The number of fused-ring (bicyclic) bond motifs is 2. The Bertz CT molecular complexity index is 1700. The van der Waals surface area contributed by atoms with Crippen LogP contribution in [0, 0.1) is 11.2 Å². The highest BCUT2D eigenvalue weighted by Crippen LogP contribution is 2.80. The second-order valence-electron chi connectivity index (χ2n) is 12.0. The molecular formula is C31H33FN6O4. The molecule has 2 saturated carbocycles. The molecule has 1 saturated heterocycles. The second kappa shape index (κ2) is 9.85. The highest BCUT2D eigenvalue weighted by Gasteiger charge is 2.84. The fourth-order valence-electron chi connectivity index (χ4n) is 6.30. The molecule has 0 radical (unpaired) electrons. The van der Waals surface area contributed by atoms with Gasteiger partial charge in [0.2, 0.25) is 11.9 Å². The number of hydrogen-bond donors (Lipinski definition) is 0. The van der Waals surface area contributed by atoms with E-state index >= 15 is 0 Å². The number of ether oxygens (including phenoxy) is 2. The van der Waals surface area contributed by atoms with Crippen LogP contribution in [-0.2, 0) is 22.7 Å². The number of benzene rings is 2. The van der Waals surface area contributed by atoms with Gasteiger partial charge in [0.05, 0.1) is 17.6 Å². The van der Waals surface area contributed by atoms with E-state index in [-0.39, 0.29) is 35.2 Å². The van der Waals surface area contributed by atoms with Gasteiger partial charge in [0.1, 0.15) is 11.4 Å². The summed E-state index contributed by atoms with van der Waals surface area (Å²) in [5.74, 6) is 1.07. The van der Waals surface area contributed by atoms with Crippen LogP contribution in [0.3, 0.4) is 0 Å². The van der Waals surface area contributed by atoms with Crippen molar-refractivity contribution < 1.29 is 18.7 Å². The van der Waals surface area contributed by atoms with Gasteiger partial charge in [-0.05, 0) is 55.5 Å². The zero-order valence-electron chi connectivity index (χ0n) is 23.7. The van der Waals surface area contributed by atoms with Crippen molar-refractivity contribution in [2.24, 2.45) is 5.41 Å². The largest absolute Gasteiger partial charge is 0.510 e. The van der Waals surface area contributed by atoms with Crippen LogP contribution >= 0.6 is 0 Å². The van der Waals surface area contributed by atoms with E-state index in [0.29, 0.717) is 12.5 Å². The van der Waals surface area contributed by atoms with E-state index in [1.807, 2.05) is 30.1 Å². The summed E-state index contributed by atoms with van der Waals surface area (Å²) < 4.78 is 27.9. The third kappa shape index (κ3) is 4.66. The first-order valence-electron chi connectivity index (χ1n) is 14.3. The van der Waals surface area contributed by atoms with Gasteiger partial charge in [0.25, 0.3) is 5.56 Å². The van der Waals surface area contributed by atoms with Crippen LogP contribution in [0.15, 0.2) is 65.6 Å². The smallest absolute Gasteiger partial charge is 0.427 e. The fraction of sp³-hybridized carbons (Fsp3) is 0.419. The van der Waals surface area contributed by atoms with E-state index in [2.05, 4.69) is 27.4 Å². The van der Waals surface area contributed by atoms with Gasteiger partial charge in [-0.25, -0.2) is 23.7 Å². The summed E-state index contributed by atoms with van der Waals surface area (Å²) in [7, 11) is 1.92. The molecule has 0 amide bonds. The van der Waals surface area contributed by atoms with Crippen molar-refractivity contribution in [1.82, 2.24) is 19.1 Å². The number of para-hydroxylation sites is 2. The third-order valence-electron chi connectivity index (χ3n) is 9.21. The van der Waals surface area contributed by atoms with Crippen LogP contribution in [0.2, 0.25) is 0 Å². The maximum atomic E-state index is 13.5. The lowest BCUT2D eigenvalue weighted by Gasteiger charge is -2.38. The molecule has 0 unspecified atom stereocenters. The molecule has 10 nitrogen and oxygen atoms in total. The normalized spacial score (nSPS) is 23.0.